The van der Waals surface area contributed by atoms with Crippen LogP contribution in [-0.2, 0) is 10.2 Å². The predicted molar refractivity (Wildman–Crippen MR) is 78.3 cm³/mol. The molecule has 2 N–H and O–H groups in total. The van der Waals surface area contributed by atoms with E-state index >= 15 is 0 Å². The summed E-state index contributed by atoms with van der Waals surface area (Å²) in [7, 11) is -3.50. The number of aliphatic hydroxyl groups is 1. The average molecular weight is 298 g/mol. The second-order valence-electron chi connectivity index (χ2n) is 5.39. The third kappa shape index (κ3) is 4.02. The highest BCUT2D eigenvalue weighted by atomic mass is 32.2. The van der Waals surface area contributed by atoms with Crippen LogP contribution in [0.25, 0.3) is 0 Å². The molecule has 1 saturated heterocycles. The van der Waals surface area contributed by atoms with Crippen molar-refractivity contribution >= 4 is 10.2 Å². The lowest BCUT2D eigenvalue weighted by Crippen LogP contribution is -2.46. The van der Waals surface area contributed by atoms with Crippen molar-refractivity contribution in [1.82, 2.24) is 9.03 Å². The van der Waals surface area contributed by atoms with Gasteiger partial charge in [-0.2, -0.15) is 17.4 Å². The Balaban J connectivity index is 1.92. The molecular formula is C14H22N2O3S. The van der Waals surface area contributed by atoms with E-state index in [0.29, 0.717) is 24.6 Å². The minimum absolute atomic E-state index is 0.00275. The maximum Gasteiger partial charge on any atom is 0.279 e. The second-order valence-corrected chi connectivity index (χ2v) is 7.14. The molecule has 0 saturated carbocycles. The summed E-state index contributed by atoms with van der Waals surface area (Å²) in [5.41, 5.74) is 0.710. The molecule has 0 aromatic heterocycles. The first-order chi connectivity index (χ1) is 9.49. The van der Waals surface area contributed by atoms with Crippen molar-refractivity contribution in [2.24, 2.45) is 5.92 Å². The highest BCUT2D eigenvalue weighted by Crippen LogP contribution is 2.18. The molecule has 1 fully saturated rings. The van der Waals surface area contributed by atoms with Gasteiger partial charge >= 0.3 is 0 Å². The molecule has 2 atom stereocenters. The van der Waals surface area contributed by atoms with Crippen LogP contribution in [0, 0.1) is 5.92 Å². The fourth-order valence-corrected chi connectivity index (χ4v) is 3.80. The third-order valence-electron chi connectivity index (χ3n) is 3.60. The normalized spacial score (nSPS) is 22.6. The minimum Gasteiger partial charge on any atom is -0.387 e. The summed E-state index contributed by atoms with van der Waals surface area (Å²) in [6.07, 6.45) is 1.13. The van der Waals surface area contributed by atoms with E-state index in [0.717, 1.165) is 12.8 Å². The van der Waals surface area contributed by atoms with Gasteiger partial charge in [0.1, 0.15) is 0 Å². The van der Waals surface area contributed by atoms with E-state index in [-0.39, 0.29) is 6.54 Å². The monoisotopic (exact) mass is 298 g/mol. The zero-order chi connectivity index (χ0) is 14.6. The van der Waals surface area contributed by atoms with Gasteiger partial charge in [-0.25, -0.2) is 0 Å². The number of hydrogen-bond donors (Lipinski definition) is 2. The van der Waals surface area contributed by atoms with E-state index in [9.17, 15) is 13.5 Å². The first-order valence-corrected chi connectivity index (χ1v) is 8.41. The molecule has 20 heavy (non-hydrogen) atoms. The number of nitrogens with zero attached hydrogens (tertiary/aromatic N) is 1. The Morgan fingerprint density at radius 2 is 2.10 bits per heavy atom. The van der Waals surface area contributed by atoms with Crippen LogP contribution >= 0.6 is 0 Å². The van der Waals surface area contributed by atoms with Crippen molar-refractivity contribution in [2.75, 3.05) is 19.6 Å². The van der Waals surface area contributed by atoms with Crippen molar-refractivity contribution in [3.05, 3.63) is 35.9 Å². The highest BCUT2D eigenvalue weighted by molar-refractivity contribution is 7.87. The molecule has 1 aromatic carbocycles. The van der Waals surface area contributed by atoms with Crippen LogP contribution in [0.2, 0.25) is 0 Å². The van der Waals surface area contributed by atoms with E-state index in [1.54, 1.807) is 12.1 Å². The summed E-state index contributed by atoms with van der Waals surface area (Å²) in [6, 6.07) is 9.05. The molecule has 0 amide bonds. The zero-order valence-corrected chi connectivity index (χ0v) is 12.5. The molecule has 0 radical (unpaired) electrons. The second kappa shape index (κ2) is 6.67. The Kier molecular flexibility index (Phi) is 5.15. The molecular weight excluding hydrogens is 276 g/mol. The van der Waals surface area contributed by atoms with Gasteiger partial charge < -0.3 is 5.11 Å². The molecule has 5 nitrogen and oxygen atoms in total. The summed E-state index contributed by atoms with van der Waals surface area (Å²) < 4.78 is 28.3. The topological polar surface area (TPSA) is 69.6 Å². The maximum absolute atomic E-state index is 12.2. The molecule has 0 bridgehead atoms. The van der Waals surface area contributed by atoms with Crippen molar-refractivity contribution in [1.29, 1.82) is 0 Å². The average Bonchev–Trinajstić information content (AvgIpc) is 2.46. The summed E-state index contributed by atoms with van der Waals surface area (Å²) in [4.78, 5) is 0. The van der Waals surface area contributed by atoms with Gasteiger partial charge in [0.15, 0.2) is 0 Å². The molecule has 112 valence electrons. The van der Waals surface area contributed by atoms with Crippen LogP contribution < -0.4 is 4.72 Å². The van der Waals surface area contributed by atoms with E-state index in [1.807, 2.05) is 18.2 Å². The molecule has 1 heterocycles. The van der Waals surface area contributed by atoms with Gasteiger partial charge in [0.25, 0.3) is 10.2 Å². The molecule has 1 aliphatic heterocycles. The lowest BCUT2D eigenvalue weighted by molar-refractivity contribution is 0.180. The summed E-state index contributed by atoms with van der Waals surface area (Å²) in [5, 5.41) is 9.99. The Morgan fingerprint density at radius 3 is 2.75 bits per heavy atom. The SMILES string of the molecule is CC1CCCN(S(=O)(=O)NCC(O)c2ccccc2)C1. The van der Waals surface area contributed by atoms with Crippen LogP contribution in [0.4, 0.5) is 0 Å². The number of aliphatic hydroxyl groups excluding tert-OH is 1. The Bertz CT molecular complexity index is 518. The number of benzene rings is 1. The van der Waals surface area contributed by atoms with Gasteiger partial charge in [-0.15, -0.1) is 0 Å². The van der Waals surface area contributed by atoms with Gasteiger partial charge in [0, 0.05) is 19.6 Å². The number of nitrogens with one attached hydrogen (secondary N) is 1. The third-order valence-corrected chi connectivity index (χ3v) is 5.15. The van der Waals surface area contributed by atoms with Gasteiger partial charge in [-0.05, 0) is 24.3 Å². The molecule has 2 unspecified atom stereocenters. The molecule has 0 spiro atoms. The maximum atomic E-state index is 12.2. The predicted octanol–water partition coefficient (Wildman–Crippen LogP) is 1.29. The van der Waals surface area contributed by atoms with Crippen LogP contribution in [0.5, 0.6) is 0 Å². The van der Waals surface area contributed by atoms with Crippen LogP contribution in [0.3, 0.4) is 0 Å². The van der Waals surface area contributed by atoms with Crippen LogP contribution in [-0.4, -0.2) is 37.5 Å². The molecule has 1 aromatic rings. The summed E-state index contributed by atoms with van der Waals surface area (Å²) in [6.45, 7) is 3.16. The van der Waals surface area contributed by atoms with E-state index in [1.165, 1.54) is 4.31 Å². The van der Waals surface area contributed by atoms with Crippen molar-refractivity contribution in [3.63, 3.8) is 0 Å². The minimum atomic E-state index is -3.50. The molecule has 0 aliphatic carbocycles. The zero-order valence-electron chi connectivity index (χ0n) is 11.7. The van der Waals surface area contributed by atoms with Crippen LogP contribution in [0.15, 0.2) is 30.3 Å². The number of piperidine rings is 1. The highest BCUT2D eigenvalue weighted by Gasteiger charge is 2.27. The lowest BCUT2D eigenvalue weighted by Gasteiger charge is -2.30. The summed E-state index contributed by atoms with van der Waals surface area (Å²) in [5.74, 6) is 0.388. The standard InChI is InChI=1S/C14H22N2O3S/c1-12-6-5-9-16(11-12)20(18,19)15-10-14(17)13-7-3-2-4-8-13/h2-4,7-8,12,14-15,17H,5-6,9-11H2,1H3. The Morgan fingerprint density at radius 1 is 1.40 bits per heavy atom. The Labute approximate surface area is 120 Å². The van der Waals surface area contributed by atoms with Crippen molar-refractivity contribution < 1.29 is 13.5 Å². The molecule has 2 rings (SSSR count). The quantitative estimate of drug-likeness (QED) is 0.860. The fourth-order valence-electron chi connectivity index (χ4n) is 2.43. The largest absolute Gasteiger partial charge is 0.387 e. The van der Waals surface area contributed by atoms with Crippen LogP contribution in [0.1, 0.15) is 31.4 Å². The van der Waals surface area contributed by atoms with E-state index in [4.69, 9.17) is 0 Å². The number of rotatable bonds is 5. The van der Waals surface area contributed by atoms with Crippen molar-refractivity contribution in [3.8, 4) is 0 Å². The molecule has 1 aliphatic rings. The summed E-state index contributed by atoms with van der Waals surface area (Å²) >= 11 is 0. The Hall–Kier alpha value is -0.950. The van der Waals surface area contributed by atoms with Crippen molar-refractivity contribution in [2.45, 2.75) is 25.9 Å². The fraction of sp³-hybridized carbons (Fsp3) is 0.571. The molecule has 6 heteroatoms. The lowest BCUT2D eigenvalue weighted by atomic mass is 10.0. The van der Waals surface area contributed by atoms with Gasteiger partial charge in [0.05, 0.1) is 6.10 Å². The van der Waals surface area contributed by atoms with E-state index in [2.05, 4.69) is 11.6 Å². The van der Waals surface area contributed by atoms with E-state index < -0.39 is 16.3 Å². The first-order valence-electron chi connectivity index (χ1n) is 6.97. The van der Waals surface area contributed by atoms with Gasteiger partial charge in [-0.1, -0.05) is 37.3 Å². The van der Waals surface area contributed by atoms with Gasteiger partial charge in [0.2, 0.25) is 0 Å². The van der Waals surface area contributed by atoms with Gasteiger partial charge in [-0.3, -0.25) is 0 Å². The number of hydrogen-bond acceptors (Lipinski definition) is 3. The first kappa shape index (κ1) is 15.4. The smallest absolute Gasteiger partial charge is 0.279 e.